The maximum Gasteiger partial charge on any atom is 0.0695 e. The van der Waals surface area contributed by atoms with Gasteiger partial charge in [0.05, 0.1) is 6.10 Å². The molecule has 2 heteroatoms. The van der Waals surface area contributed by atoms with Gasteiger partial charge in [-0.05, 0) is 43.7 Å². The summed E-state index contributed by atoms with van der Waals surface area (Å²) in [5.41, 5.74) is 1.46. The third-order valence-electron chi connectivity index (χ3n) is 4.40. The van der Waals surface area contributed by atoms with E-state index in [4.69, 9.17) is 0 Å². The Hall–Kier alpha value is -0.860. The highest BCUT2D eigenvalue weighted by molar-refractivity contribution is 5.21. The number of nitrogens with zero attached hydrogens (tertiary/aromatic N) is 1. The van der Waals surface area contributed by atoms with Gasteiger partial charge in [-0.3, -0.25) is 4.90 Å². The molecule has 92 valence electrons. The molecule has 0 bridgehead atoms. The van der Waals surface area contributed by atoms with Gasteiger partial charge in [0.25, 0.3) is 0 Å². The zero-order valence-electron chi connectivity index (χ0n) is 10.3. The highest BCUT2D eigenvalue weighted by Crippen LogP contribution is 2.33. The third kappa shape index (κ3) is 2.24. The average molecular weight is 231 g/mol. The van der Waals surface area contributed by atoms with Crippen LogP contribution in [0.1, 0.15) is 37.2 Å². The molecule has 0 amide bonds. The number of likely N-dealkylation sites (tertiary alicyclic amines) is 1. The van der Waals surface area contributed by atoms with Crippen LogP contribution in [0.3, 0.4) is 0 Å². The lowest BCUT2D eigenvalue weighted by atomic mass is 9.99. The van der Waals surface area contributed by atoms with E-state index in [2.05, 4.69) is 35.2 Å². The van der Waals surface area contributed by atoms with Gasteiger partial charge in [-0.25, -0.2) is 0 Å². The number of aliphatic hydroxyl groups excluding tert-OH is 1. The van der Waals surface area contributed by atoms with E-state index in [1.54, 1.807) is 0 Å². The molecule has 1 aliphatic carbocycles. The molecule has 2 fully saturated rings. The number of benzene rings is 1. The Morgan fingerprint density at radius 2 is 1.88 bits per heavy atom. The summed E-state index contributed by atoms with van der Waals surface area (Å²) in [7, 11) is 0. The average Bonchev–Trinajstić information content (AvgIpc) is 2.98. The quantitative estimate of drug-likeness (QED) is 0.845. The van der Waals surface area contributed by atoms with E-state index < -0.39 is 0 Å². The van der Waals surface area contributed by atoms with Crippen LogP contribution in [-0.2, 0) is 0 Å². The first-order valence-corrected chi connectivity index (χ1v) is 6.81. The maximum absolute atomic E-state index is 9.96. The van der Waals surface area contributed by atoms with Crippen molar-refractivity contribution >= 4 is 0 Å². The van der Waals surface area contributed by atoms with Crippen LogP contribution in [0, 0.1) is 0 Å². The Morgan fingerprint density at radius 3 is 2.59 bits per heavy atom. The van der Waals surface area contributed by atoms with Gasteiger partial charge in [0.15, 0.2) is 0 Å². The van der Waals surface area contributed by atoms with Gasteiger partial charge in [-0.1, -0.05) is 30.3 Å². The predicted octanol–water partition coefficient (Wildman–Crippen LogP) is 2.39. The van der Waals surface area contributed by atoms with Crippen molar-refractivity contribution in [2.45, 2.75) is 43.7 Å². The fourth-order valence-corrected chi connectivity index (χ4v) is 3.43. The third-order valence-corrected chi connectivity index (χ3v) is 4.40. The minimum absolute atomic E-state index is 0.0791. The Morgan fingerprint density at radius 1 is 1.06 bits per heavy atom. The lowest BCUT2D eigenvalue weighted by molar-refractivity contribution is 0.0845. The molecule has 2 nitrogen and oxygen atoms in total. The van der Waals surface area contributed by atoms with Crippen LogP contribution in [0.15, 0.2) is 30.3 Å². The van der Waals surface area contributed by atoms with E-state index in [1.807, 2.05) is 0 Å². The van der Waals surface area contributed by atoms with Crippen molar-refractivity contribution < 1.29 is 5.11 Å². The second-order valence-corrected chi connectivity index (χ2v) is 5.46. The molecule has 0 aromatic heterocycles. The summed E-state index contributed by atoms with van der Waals surface area (Å²) in [6, 6.07) is 11.2. The minimum Gasteiger partial charge on any atom is -0.391 e. The first-order valence-electron chi connectivity index (χ1n) is 6.81. The monoisotopic (exact) mass is 231 g/mol. The van der Waals surface area contributed by atoms with E-state index >= 15 is 0 Å². The van der Waals surface area contributed by atoms with E-state index in [0.29, 0.717) is 12.0 Å². The molecule has 3 rings (SSSR count). The van der Waals surface area contributed by atoms with Gasteiger partial charge in [0.2, 0.25) is 0 Å². The molecule has 0 spiro atoms. The molecule has 1 heterocycles. The summed E-state index contributed by atoms with van der Waals surface area (Å²) in [5.74, 6) is 0.670. The van der Waals surface area contributed by atoms with Crippen LogP contribution >= 0.6 is 0 Å². The second kappa shape index (κ2) is 4.79. The van der Waals surface area contributed by atoms with Crippen LogP contribution in [-0.4, -0.2) is 35.2 Å². The first-order chi connectivity index (χ1) is 8.34. The molecule has 3 atom stereocenters. The van der Waals surface area contributed by atoms with Crippen LogP contribution < -0.4 is 0 Å². The SMILES string of the molecule is O[C@@H]1CCC[C@H]1N1CCC(c2ccccc2)C1. The fraction of sp³-hybridized carbons (Fsp3) is 0.600. The van der Waals surface area contributed by atoms with Gasteiger partial charge in [-0.15, -0.1) is 0 Å². The molecule has 1 N–H and O–H groups in total. The summed E-state index contributed by atoms with van der Waals surface area (Å²) in [6.07, 6.45) is 4.54. The molecule has 1 saturated carbocycles. The molecule has 2 aliphatic rings. The van der Waals surface area contributed by atoms with Crippen LogP contribution in [0.4, 0.5) is 0 Å². The van der Waals surface area contributed by atoms with Gasteiger partial charge in [0.1, 0.15) is 0 Å². The first kappa shape index (κ1) is 11.2. The zero-order valence-corrected chi connectivity index (χ0v) is 10.3. The molecular weight excluding hydrogens is 210 g/mol. The Balaban J connectivity index is 1.66. The second-order valence-electron chi connectivity index (χ2n) is 5.46. The number of rotatable bonds is 2. The summed E-state index contributed by atoms with van der Waals surface area (Å²) in [5, 5.41) is 9.96. The van der Waals surface area contributed by atoms with Gasteiger partial charge in [0, 0.05) is 12.6 Å². The highest BCUT2D eigenvalue weighted by atomic mass is 16.3. The number of hydrogen-bond donors (Lipinski definition) is 1. The molecule has 1 aromatic carbocycles. The molecule has 0 radical (unpaired) electrons. The molecule has 17 heavy (non-hydrogen) atoms. The van der Waals surface area contributed by atoms with Crippen LogP contribution in [0.25, 0.3) is 0 Å². The summed E-state index contributed by atoms with van der Waals surface area (Å²) in [4.78, 5) is 2.51. The van der Waals surface area contributed by atoms with Gasteiger partial charge < -0.3 is 5.11 Å². The molecular formula is C15H21NO. The minimum atomic E-state index is -0.0791. The smallest absolute Gasteiger partial charge is 0.0695 e. The standard InChI is InChI=1S/C15H21NO/c17-15-8-4-7-14(15)16-10-9-13(11-16)12-5-2-1-3-6-12/h1-3,5-6,13-15,17H,4,7-11H2/t13?,14-,15-/m1/s1. The molecule has 1 aromatic rings. The molecule has 1 unspecified atom stereocenters. The lowest BCUT2D eigenvalue weighted by Crippen LogP contribution is -2.38. The summed E-state index contributed by atoms with van der Waals surface area (Å²) in [6.45, 7) is 2.28. The van der Waals surface area contributed by atoms with Crippen molar-refractivity contribution in [2.24, 2.45) is 0 Å². The van der Waals surface area contributed by atoms with Crippen molar-refractivity contribution in [3.63, 3.8) is 0 Å². The van der Waals surface area contributed by atoms with Crippen LogP contribution in [0.5, 0.6) is 0 Å². The normalized spacial score (nSPS) is 34.3. The van der Waals surface area contributed by atoms with Crippen molar-refractivity contribution in [3.05, 3.63) is 35.9 Å². The maximum atomic E-state index is 9.96. The number of hydrogen-bond acceptors (Lipinski definition) is 2. The highest BCUT2D eigenvalue weighted by Gasteiger charge is 2.35. The zero-order chi connectivity index (χ0) is 11.7. The van der Waals surface area contributed by atoms with E-state index in [1.165, 1.54) is 24.8 Å². The van der Waals surface area contributed by atoms with Gasteiger partial charge in [-0.2, -0.15) is 0 Å². The van der Waals surface area contributed by atoms with Crippen molar-refractivity contribution in [1.82, 2.24) is 4.90 Å². The van der Waals surface area contributed by atoms with E-state index in [9.17, 15) is 5.11 Å². The van der Waals surface area contributed by atoms with E-state index in [0.717, 1.165) is 19.5 Å². The van der Waals surface area contributed by atoms with Gasteiger partial charge >= 0.3 is 0 Å². The van der Waals surface area contributed by atoms with E-state index in [-0.39, 0.29) is 6.10 Å². The fourth-order valence-electron chi connectivity index (χ4n) is 3.43. The largest absolute Gasteiger partial charge is 0.391 e. The Kier molecular flexibility index (Phi) is 3.17. The van der Waals surface area contributed by atoms with Crippen molar-refractivity contribution in [2.75, 3.05) is 13.1 Å². The van der Waals surface area contributed by atoms with Crippen molar-refractivity contribution in [3.8, 4) is 0 Å². The Labute approximate surface area is 103 Å². The Bertz CT molecular complexity index is 364. The van der Waals surface area contributed by atoms with Crippen LogP contribution in [0.2, 0.25) is 0 Å². The molecule has 1 aliphatic heterocycles. The molecule has 1 saturated heterocycles. The summed E-state index contributed by atoms with van der Waals surface area (Å²) >= 11 is 0. The summed E-state index contributed by atoms with van der Waals surface area (Å²) < 4.78 is 0. The van der Waals surface area contributed by atoms with Crippen molar-refractivity contribution in [1.29, 1.82) is 0 Å². The topological polar surface area (TPSA) is 23.5 Å². The number of aliphatic hydroxyl groups is 1. The lowest BCUT2D eigenvalue weighted by Gasteiger charge is -2.26. The predicted molar refractivity (Wildman–Crippen MR) is 69.0 cm³/mol.